The molecule has 6 nitrogen and oxygen atoms in total. The van der Waals surface area contributed by atoms with Gasteiger partial charge in [0.2, 0.25) is 0 Å². The van der Waals surface area contributed by atoms with Crippen LogP contribution >= 0.6 is 23.2 Å². The van der Waals surface area contributed by atoms with Crippen molar-refractivity contribution in [1.29, 1.82) is 5.26 Å². The van der Waals surface area contributed by atoms with Gasteiger partial charge in [0.15, 0.2) is 0 Å². The van der Waals surface area contributed by atoms with Crippen LogP contribution in [0, 0.1) is 11.3 Å². The summed E-state index contributed by atoms with van der Waals surface area (Å²) < 4.78 is 0. The first-order valence-corrected chi connectivity index (χ1v) is 12.6. The quantitative estimate of drug-likeness (QED) is 0.377. The zero-order chi connectivity index (χ0) is 25.4. The van der Waals surface area contributed by atoms with E-state index >= 15 is 0 Å². The lowest BCUT2D eigenvalue weighted by atomic mass is 10.0. The number of halogens is 2. The second-order valence-electron chi connectivity index (χ2n) is 9.09. The monoisotopic (exact) mass is 518 g/mol. The predicted molar refractivity (Wildman–Crippen MR) is 141 cm³/mol. The van der Waals surface area contributed by atoms with Crippen LogP contribution in [0.4, 0.5) is 10.5 Å². The third kappa shape index (κ3) is 4.58. The molecule has 0 saturated carbocycles. The number of anilines is 1. The second-order valence-corrected chi connectivity index (χ2v) is 9.97. The molecule has 182 valence electrons. The number of carbonyl (C=O) groups is 2. The molecule has 2 fully saturated rings. The van der Waals surface area contributed by atoms with E-state index in [2.05, 4.69) is 36.1 Å². The molecular formula is C28H24Cl2N4O2. The third-order valence-corrected chi connectivity index (χ3v) is 7.35. The Morgan fingerprint density at radius 3 is 2.36 bits per heavy atom. The Hall–Kier alpha value is -3.37. The van der Waals surface area contributed by atoms with E-state index in [-0.39, 0.29) is 18.0 Å². The molecule has 3 aromatic carbocycles. The van der Waals surface area contributed by atoms with Crippen LogP contribution in [0.15, 0.2) is 66.7 Å². The summed E-state index contributed by atoms with van der Waals surface area (Å²) in [4.78, 5) is 31.6. The van der Waals surface area contributed by atoms with Crippen molar-refractivity contribution < 1.29 is 9.59 Å². The number of imide groups is 1. The number of nitrogens with zero attached hydrogens (tertiary/aromatic N) is 4. The molecule has 0 N–H and O–H groups in total. The van der Waals surface area contributed by atoms with Crippen molar-refractivity contribution >= 4 is 40.8 Å². The standard InChI is InChI=1S/C28H24Cl2N4O2/c1-2-32(16-19-4-3-5-21(10-19)20-8-6-18(15-31)7-9-20)25-14-26-27(35)34(28(36)33(26)17-25)24-12-22(29)11-23(30)13-24/h3-13,25-26H,2,14,16-17H2,1H3/t25-,26-/m0/s1. The number of hydrogen-bond acceptors (Lipinski definition) is 4. The third-order valence-electron chi connectivity index (χ3n) is 6.91. The van der Waals surface area contributed by atoms with Gasteiger partial charge in [0, 0.05) is 29.2 Å². The predicted octanol–water partition coefficient (Wildman–Crippen LogP) is 5.96. The molecule has 5 rings (SSSR count). The summed E-state index contributed by atoms with van der Waals surface area (Å²) in [6, 6.07) is 22.0. The molecule has 0 bridgehead atoms. The number of nitriles is 1. The largest absolute Gasteiger partial charge is 0.332 e. The van der Waals surface area contributed by atoms with Crippen molar-refractivity contribution in [3.05, 3.63) is 87.9 Å². The number of benzene rings is 3. The van der Waals surface area contributed by atoms with Crippen molar-refractivity contribution in [2.45, 2.75) is 32.0 Å². The number of likely N-dealkylation sites (N-methyl/N-ethyl adjacent to an activating group) is 1. The van der Waals surface area contributed by atoms with Gasteiger partial charge in [-0.25, -0.2) is 9.69 Å². The number of carbonyl (C=O) groups excluding carboxylic acids is 2. The Morgan fingerprint density at radius 1 is 1.00 bits per heavy atom. The lowest BCUT2D eigenvalue weighted by Crippen LogP contribution is -2.41. The zero-order valence-corrected chi connectivity index (χ0v) is 21.2. The van der Waals surface area contributed by atoms with Crippen LogP contribution in [0.3, 0.4) is 0 Å². The number of urea groups is 1. The molecule has 3 amide bonds. The molecule has 0 aromatic heterocycles. The van der Waals surface area contributed by atoms with Gasteiger partial charge in [-0.2, -0.15) is 5.26 Å². The first kappa shape index (κ1) is 24.3. The van der Waals surface area contributed by atoms with Gasteiger partial charge >= 0.3 is 6.03 Å². The SMILES string of the molecule is CCN(Cc1cccc(-c2ccc(C#N)cc2)c1)[C@H]1C[C@H]2C(=O)N(c3cc(Cl)cc(Cl)c3)C(=O)N2C1. The number of fused-ring (bicyclic) bond motifs is 1. The lowest BCUT2D eigenvalue weighted by Gasteiger charge is -2.28. The highest BCUT2D eigenvalue weighted by molar-refractivity contribution is 6.35. The molecule has 0 unspecified atom stereocenters. The van der Waals surface area contributed by atoms with Crippen LogP contribution < -0.4 is 4.90 Å². The van der Waals surface area contributed by atoms with Crippen molar-refractivity contribution in [2.75, 3.05) is 18.0 Å². The minimum absolute atomic E-state index is 0.0802. The zero-order valence-electron chi connectivity index (χ0n) is 19.7. The van der Waals surface area contributed by atoms with Gasteiger partial charge in [-0.05, 0) is 66.1 Å². The smallest absolute Gasteiger partial charge is 0.310 e. The van der Waals surface area contributed by atoms with Crippen molar-refractivity contribution in [2.24, 2.45) is 0 Å². The number of rotatable bonds is 6. The van der Waals surface area contributed by atoms with Gasteiger partial charge < -0.3 is 4.90 Å². The fourth-order valence-electron chi connectivity index (χ4n) is 5.12. The number of hydrogen-bond donors (Lipinski definition) is 0. The van der Waals surface area contributed by atoms with Gasteiger partial charge in [-0.15, -0.1) is 0 Å². The van der Waals surface area contributed by atoms with E-state index in [0.717, 1.165) is 23.2 Å². The molecule has 2 aliphatic heterocycles. The first-order valence-electron chi connectivity index (χ1n) is 11.8. The van der Waals surface area contributed by atoms with E-state index in [1.807, 2.05) is 30.3 Å². The van der Waals surface area contributed by atoms with Gasteiger partial charge in [0.25, 0.3) is 5.91 Å². The maximum Gasteiger partial charge on any atom is 0.332 e. The molecule has 2 atom stereocenters. The summed E-state index contributed by atoms with van der Waals surface area (Å²) >= 11 is 12.2. The summed E-state index contributed by atoms with van der Waals surface area (Å²) in [5.41, 5.74) is 4.33. The van der Waals surface area contributed by atoms with Crippen LogP contribution in [0.25, 0.3) is 11.1 Å². The maximum absolute atomic E-state index is 13.2. The van der Waals surface area contributed by atoms with Crippen LogP contribution in [0.5, 0.6) is 0 Å². The summed E-state index contributed by atoms with van der Waals surface area (Å²) in [5, 5.41) is 9.80. The molecule has 2 heterocycles. The van der Waals surface area contributed by atoms with Crippen LogP contribution in [0.2, 0.25) is 10.0 Å². The highest BCUT2D eigenvalue weighted by Gasteiger charge is 2.52. The van der Waals surface area contributed by atoms with Crippen molar-refractivity contribution in [1.82, 2.24) is 9.80 Å². The highest BCUT2D eigenvalue weighted by atomic mass is 35.5. The molecule has 0 spiro atoms. The van der Waals surface area contributed by atoms with Crippen LogP contribution in [0.1, 0.15) is 24.5 Å². The minimum Gasteiger partial charge on any atom is -0.310 e. The molecule has 3 aromatic rings. The first-order chi connectivity index (χ1) is 17.4. The van der Waals surface area contributed by atoms with E-state index in [0.29, 0.717) is 40.8 Å². The molecule has 2 saturated heterocycles. The maximum atomic E-state index is 13.2. The Bertz CT molecular complexity index is 1320. The van der Waals surface area contributed by atoms with Gasteiger partial charge in [0.1, 0.15) is 6.04 Å². The van der Waals surface area contributed by atoms with Crippen LogP contribution in [-0.4, -0.2) is 46.9 Å². The normalized spacial score (nSPS) is 19.2. The van der Waals surface area contributed by atoms with Gasteiger partial charge in [-0.1, -0.05) is 60.5 Å². The summed E-state index contributed by atoms with van der Waals surface area (Å²) in [6.45, 7) is 4.09. The topological polar surface area (TPSA) is 67.6 Å². The lowest BCUT2D eigenvalue weighted by molar-refractivity contribution is -0.119. The van der Waals surface area contributed by atoms with Gasteiger partial charge in [-0.3, -0.25) is 9.69 Å². The fourth-order valence-corrected chi connectivity index (χ4v) is 5.64. The highest BCUT2D eigenvalue weighted by Crippen LogP contribution is 2.36. The molecule has 8 heteroatoms. The number of amides is 3. The summed E-state index contributed by atoms with van der Waals surface area (Å²) in [7, 11) is 0. The van der Waals surface area contributed by atoms with Crippen molar-refractivity contribution in [3.63, 3.8) is 0 Å². The Morgan fingerprint density at radius 2 is 1.72 bits per heavy atom. The molecule has 36 heavy (non-hydrogen) atoms. The van der Waals surface area contributed by atoms with Gasteiger partial charge in [0.05, 0.1) is 17.3 Å². The van der Waals surface area contributed by atoms with Crippen LogP contribution in [-0.2, 0) is 11.3 Å². The van der Waals surface area contributed by atoms with E-state index in [4.69, 9.17) is 28.5 Å². The van der Waals surface area contributed by atoms with Crippen molar-refractivity contribution in [3.8, 4) is 17.2 Å². The Labute approximate surface area is 220 Å². The average molecular weight is 519 g/mol. The fraction of sp³-hybridized carbons (Fsp3) is 0.250. The summed E-state index contributed by atoms with van der Waals surface area (Å²) in [6.07, 6.45) is 0.582. The molecule has 0 aliphatic carbocycles. The average Bonchev–Trinajstić information content (AvgIpc) is 3.41. The van der Waals surface area contributed by atoms with E-state index in [1.54, 1.807) is 23.1 Å². The molecule has 2 aliphatic rings. The second kappa shape index (κ2) is 9.94. The Kier molecular flexibility index (Phi) is 6.72. The summed E-state index contributed by atoms with van der Waals surface area (Å²) in [5.74, 6) is -0.236. The van der Waals surface area contributed by atoms with E-state index < -0.39 is 6.04 Å². The Balaban J connectivity index is 1.30. The van der Waals surface area contributed by atoms with E-state index in [9.17, 15) is 9.59 Å². The minimum atomic E-state index is -0.487. The molecular weight excluding hydrogens is 495 g/mol. The van der Waals surface area contributed by atoms with E-state index in [1.165, 1.54) is 4.90 Å². The molecule has 0 radical (unpaired) electrons.